The Bertz CT molecular complexity index is 320. The van der Waals surface area contributed by atoms with E-state index in [1.807, 2.05) is 6.20 Å². The highest BCUT2D eigenvalue weighted by molar-refractivity contribution is 7.15. The third-order valence-corrected chi connectivity index (χ3v) is 3.42. The van der Waals surface area contributed by atoms with E-state index in [0.717, 1.165) is 19.5 Å². The summed E-state index contributed by atoms with van der Waals surface area (Å²) in [6, 6.07) is 0.452. The van der Waals surface area contributed by atoms with Crippen molar-refractivity contribution in [3.63, 3.8) is 0 Å². The average Bonchev–Trinajstić information content (AvgIpc) is 2.61. The van der Waals surface area contributed by atoms with Gasteiger partial charge in [-0.1, -0.05) is 0 Å². The van der Waals surface area contributed by atoms with E-state index in [4.69, 9.17) is 5.73 Å². The fraction of sp³-hybridized carbons (Fsp3) is 0.667. The maximum Gasteiger partial charge on any atom is 0.180 e. The fourth-order valence-electron chi connectivity index (χ4n) is 1.88. The molecular formula is C9H16ClN3OS. The van der Waals surface area contributed by atoms with Crippen molar-refractivity contribution in [1.82, 2.24) is 9.88 Å². The van der Waals surface area contributed by atoms with Gasteiger partial charge >= 0.3 is 0 Å². The first-order chi connectivity index (χ1) is 6.65. The summed E-state index contributed by atoms with van der Waals surface area (Å²) in [4.78, 5) is 7.44. The Labute approximate surface area is 99.5 Å². The highest BCUT2D eigenvalue weighted by Crippen LogP contribution is 2.23. The maximum absolute atomic E-state index is 9.47. The van der Waals surface area contributed by atoms with Gasteiger partial charge in [-0.3, -0.25) is 4.90 Å². The Hall–Kier alpha value is -0.360. The molecule has 1 fully saturated rings. The summed E-state index contributed by atoms with van der Waals surface area (Å²) in [5.74, 6) is 0. The highest BCUT2D eigenvalue weighted by atomic mass is 35.5. The van der Waals surface area contributed by atoms with Gasteiger partial charge in [0.05, 0.1) is 6.10 Å². The summed E-state index contributed by atoms with van der Waals surface area (Å²) in [7, 11) is 0. The average molecular weight is 250 g/mol. The first kappa shape index (κ1) is 12.7. The number of hydrogen-bond acceptors (Lipinski definition) is 5. The maximum atomic E-state index is 9.47. The molecule has 1 aromatic rings. The molecule has 2 atom stereocenters. The number of thiazole rings is 1. The van der Waals surface area contributed by atoms with Crippen molar-refractivity contribution in [2.24, 2.45) is 0 Å². The van der Waals surface area contributed by atoms with E-state index in [2.05, 4.69) is 16.8 Å². The molecule has 2 rings (SSSR count). The van der Waals surface area contributed by atoms with Crippen molar-refractivity contribution in [2.45, 2.75) is 32.0 Å². The summed E-state index contributed by atoms with van der Waals surface area (Å²) >= 11 is 1.52. The highest BCUT2D eigenvalue weighted by Gasteiger charge is 2.27. The van der Waals surface area contributed by atoms with Crippen molar-refractivity contribution in [3.05, 3.63) is 11.1 Å². The number of aromatic nitrogens is 1. The van der Waals surface area contributed by atoms with Crippen molar-refractivity contribution in [1.29, 1.82) is 0 Å². The van der Waals surface area contributed by atoms with Gasteiger partial charge in [-0.25, -0.2) is 4.98 Å². The summed E-state index contributed by atoms with van der Waals surface area (Å²) in [6.07, 6.45) is 2.52. The van der Waals surface area contributed by atoms with Crippen LogP contribution in [0.5, 0.6) is 0 Å². The zero-order valence-electron chi connectivity index (χ0n) is 8.59. The molecular weight excluding hydrogens is 234 g/mol. The third kappa shape index (κ3) is 3.04. The van der Waals surface area contributed by atoms with Crippen molar-refractivity contribution < 1.29 is 5.11 Å². The van der Waals surface area contributed by atoms with Crippen LogP contribution in [0.25, 0.3) is 0 Å². The second kappa shape index (κ2) is 5.12. The molecule has 0 saturated carbocycles. The van der Waals surface area contributed by atoms with Gasteiger partial charge in [0.15, 0.2) is 5.13 Å². The third-order valence-electron chi connectivity index (χ3n) is 2.61. The smallest absolute Gasteiger partial charge is 0.180 e. The number of β-amino-alcohol motifs (C(OH)–C–C–N with tert-alkyl or cyclic N) is 1. The molecule has 0 spiro atoms. The predicted octanol–water partition coefficient (Wildman–Crippen LogP) is 1.10. The van der Waals surface area contributed by atoms with Crippen LogP contribution in [-0.4, -0.2) is 33.7 Å². The van der Waals surface area contributed by atoms with Crippen LogP contribution in [0.2, 0.25) is 0 Å². The van der Waals surface area contributed by atoms with E-state index >= 15 is 0 Å². The molecule has 0 aliphatic carbocycles. The summed E-state index contributed by atoms with van der Waals surface area (Å²) < 4.78 is 0. The molecule has 1 aromatic heterocycles. The predicted molar refractivity (Wildman–Crippen MR) is 64.3 cm³/mol. The van der Waals surface area contributed by atoms with Crippen LogP contribution in [0.4, 0.5) is 5.13 Å². The molecule has 0 aromatic carbocycles. The van der Waals surface area contributed by atoms with Gasteiger partial charge in [-0.15, -0.1) is 23.7 Å². The Morgan fingerprint density at radius 1 is 1.73 bits per heavy atom. The quantitative estimate of drug-likeness (QED) is 0.824. The van der Waals surface area contributed by atoms with E-state index < -0.39 is 0 Å². The number of anilines is 1. The number of aliphatic hydroxyl groups is 1. The van der Waals surface area contributed by atoms with E-state index in [9.17, 15) is 5.11 Å². The minimum Gasteiger partial charge on any atom is -0.392 e. The largest absolute Gasteiger partial charge is 0.392 e. The van der Waals surface area contributed by atoms with Crippen LogP contribution in [0.15, 0.2) is 6.20 Å². The molecule has 4 nitrogen and oxygen atoms in total. The number of nitrogens with zero attached hydrogens (tertiary/aromatic N) is 2. The minimum atomic E-state index is -0.171. The Morgan fingerprint density at radius 2 is 2.47 bits per heavy atom. The lowest BCUT2D eigenvalue weighted by Crippen LogP contribution is -2.26. The second-order valence-electron chi connectivity index (χ2n) is 3.83. The summed E-state index contributed by atoms with van der Waals surface area (Å²) in [5.41, 5.74) is 5.55. The first-order valence-electron chi connectivity index (χ1n) is 4.77. The Kier molecular flexibility index (Phi) is 4.33. The van der Waals surface area contributed by atoms with Gasteiger partial charge in [0.1, 0.15) is 0 Å². The monoisotopic (exact) mass is 249 g/mol. The zero-order chi connectivity index (χ0) is 10.1. The SMILES string of the molecule is CC1CC(O)CN1Cc1cnc(N)s1.Cl. The number of halogens is 1. The van der Waals surface area contributed by atoms with Crippen molar-refractivity contribution in [2.75, 3.05) is 12.3 Å². The van der Waals surface area contributed by atoms with Crippen LogP contribution in [0.1, 0.15) is 18.2 Å². The summed E-state index contributed by atoms with van der Waals surface area (Å²) in [6.45, 7) is 3.76. The van der Waals surface area contributed by atoms with Gasteiger partial charge in [0.25, 0.3) is 0 Å². The van der Waals surface area contributed by atoms with E-state index in [1.165, 1.54) is 16.2 Å². The fourth-order valence-corrected chi connectivity index (χ4v) is 2.59. The van der Waals surface area contributed by atoms with Gasteiger partial charge in [0, 0.05) is 30.2 Å². The first-order valence-corrected chi connectivity index (χ1v) is 5.59. The van der Waals surface area contributed by atoms with E-state index in [1.54, 1.807) is 0 Å². The van der Waals surface area contributed by atoms with E-state index in [0.29, 0.717) is 11.2 Å². The van der Waals surface area contributed by atoms with Gasteiger partial charge in [0.2, 0.25) is 0 Å². The standard InChI is InChI=1S/C9H15N3OS.ClH/c1-6-2-7(13)4-12(6)5-8-3-11-9(10)14-8;/h3,6-7,13H,2,4-5H2,1H3,(H2,10,11);1H. The molecule has 0 radical (unpaired) electrons. The number of aliphatic hydroxyl groups excluding tert-OH is 1. The van der Waals surface area contributed by atoms with Gasteiger partial charge in [-0.2, -0.15) is 0 Å². The molecule has 3 N–H and O–H groups in total. The molecule has 0 amide bonds. The molecule has 86 valence electrons. The van der Waals surface area contributed by atoms with Gasteiger partial charge in [-0.05, 0) is 13.3 Å². The van der Waals surface area contributed by atoms with Crippen LogP contribution in [0.3, 0.4) is 0 Å². The molecule has 1 aliphatic rings. The van der Waals surface area contributed by atoms with Crippen LogP contribution < -0.4 is 5.73 Å². The van der Waals surface area contributed by atoms with Crippen LogP contribution in [0, 0.1) is 0 Å². The number of nitrogens with two attached hydrogens (primary N) is 1. The van der Waals surface area contributed by atoms with E-state index in [-0.39, 0.29) is 18.5 Å². The molecule has 6 heteroatoms. The molecule has 2 heterocycles. The normalized spacial score (nSPS) is 26.5. The lowest BCUT2D eigenvalue weighted by Gasteiger charge is -2.18. The second-order valence-corrected chi connectivity index (χ2v) is 4.98. The molecule has 0 bridgehead atoms. The Balaban J connectivity index is 0.00000112. The minimum absolute atomic E-state index is 0. The number of hydrogen-bond donors (Lipinski definition) is 2. The molecule has 2 unspecified atom stereocenters. The Morgan fingerprint density at radius 3 is 2.93 bits per heavy atom. The number of nitrogen functional groups attached to an aromatic ring is 1. The van der Waals surface area contributed by atoms with Gasteiger partial charge < -0.3 is 10.8 Å². The lowest BCUT2D eigenvalue weighted by atomic mass is 10.2. The van der Waals surface area contributed by atoms with Crippen molar-refractivity contribution in [3.8, 4) is 0 Å². The molecule has 1 aliphatic heterocycles. The topological polar surface area (TPSA) is 62.4 Å². The molecule has 15 heavy (non-hydrogen) atoms. The zero-order valence-corrected chi connectivity index (χ0v) is 10.2. The van der Waals surface area contributed by atoms with Crippen molar-refractivity contribution >= 4 is 28.9 Å². The lowest BCUT2D eigenvalue weighted by molar-refractivity contribution is 0.173. The summed E-state index contributed by atoms with van der Waals surface area (Å²) in [5, 5.41) is 10.1. The van der Waals surface area contributed by atoms with Crippen LogP contribution >= 0.6 is 23.7 Å². The number of likely N-dealkylation sites (tertiary alicyclic amines) is 1. The number of rotatable bonds is 2. The molecule has 1 saturated heterocycles. The van der Waals surface area contributed by atoms with Crippen LogP contribution in [-0.2, 0) is 6.54 Å².